The molecule has 19 heavy (non-hydrogen) atoms. The van der Waals surface area contributed by atoms with Gasteiger partial charge in [-0.2, -0.15) is 0 Å². The van der Waals surface area contributed by atoms with Gasteiger partial charge in [-0.05, 0) is 53.5 Å². The molecule has 0 unspecified atom stereocenters. The number of nitrogens with zero attached hydrogens (tertiary/aromatic N) is 1. The summed E-state index contributed by atoms with van der Waals surface area (Å²) in [6.45, 7) is 2.15. The molecule has 0 bridgehead atoms. The second-order valence-corrected chi connectivity index (χ2v) is 6.58. The first kappa shape index (κ1) is 15.0. The summed E-state index contributed by atoms with van der Waals surface area (Å²) in [6, 6.07) is 5.87. The van der Waals surface area contributed by atoms with Crippen molar-refractivity contribution in [1.82, 2.24) is 4.90 Å². The van der Waals surface area contributed by atoms with Crippen LogP contribution in [0, 0.1) is 0 Å². The summed E-state index contributed by atoms with van der Waals surface area (Å²) in [5.74, 6) is -0.00266. The first-order chi connectivity index (χ1) is 9.04. The molecule has 0 aromatic heterocycles. The van der Waals surface area contributed by atoms with Crippen LogP contribution < -0.4 is 11.1 Å². The van der Waals surface area contributed by atoms with Crippen molar-refractivity contribution in [2.24, 2.45) is 5.73 Å². The minimum Gasteiger partial charge on any atom is -0.327 e. The molecular formula is C13H17Br2N3O. The molecule has 1 atom stereocenters. The highest BCUT2D eigenvalue weighted by atomic mass is 79.9. The maximum Gasteiger partial charge on any atom is 0.238 e. The highest BCUT2D eigenvalue weighted by Crippen LogP contribution is 2.26. The third-order valence-corrected chi connectivity index (χ3v) is 4.26. The number of hydrogen-bond donors (Lipinski definition) is 2. The van der Waals surface area contributed by atoms with Gasteiger partial charge in [0, 0.05) is 21.5 Å². The van der Waals surface area contributed by atoms with Crippen LogP contribution in [0.2, 0.25) is 0 Å². The zero-order valence-corrected chi connectivity index (χ0v) is 13.7. The van der Waals surface area contributed by atoms with Gasteiger partial charge in [-0.1, -0.05) is 15.9 Å². The van der Waals surface area contributed by atoms with Crippen LogP contribution in [-0.2, 0) is 4.79 Å². The number of anilines is 1. The van der Waals surface area contributed by atoms with E-state index in [1.54, 1.807) is 0 Å². The Labute approximate surface area is 130 Å². The number of carbonyl (C=O) groups is 1. The van der Waals surface area contributed by atoms with Gasteiger partial charge in [-0.15, -0.1) is 0 Å². The number of carbonyl (C=O) groups excluding carboxylic acids is 1. The number of piperidine rings is 1. The lowest BCUT2D eigenvalue weighted by Crippen LogP contribution is -2.45. The third-order valence-electron chi connectivity index (χ3n) is 3.11. The molecule has 1 aromatic carbocycles. The zero-order chi connectivity index (χ0) is 13.8. The highest BCUT2D eigenvalue weighted by molar-refractivity contribution is 9.11. The molecule has 1 aliphatic heterocycles. The van der Waals surface area contributed by atoms with E-state index >= 15 is 0 Å². The van der Waals surface area contributed by atoms with Crippen LogP contribution in [0.1, 0.15) is 12.8 Å². The van der Waals surface area contributed by atoms with Crippen LogP contribution in [0.15, 0.2) is 27.1 Å². The average molecular weight is 391 g/mol. The Morgan fingerprint density at radius 1 is 1.47 bits per heavy atom. The zero-order valence-electron chi connectivity index (χ0n) is 10.5. The first-order valence-electron chi connectivity index (χ1n) is 6.27. The lowest BCUT2D eigenvalue weighted by molar-refractivity contribution is -0.117. The van der Waals surface area contributed by atoms with E-state index in [2.05, 4.69) is 42.1 Å². The number of rotatable bonds is 3. The van der Waals surface area contributed by atoms with E-state index in [-0.39, 0.29) is 11.9 Å². The van der Waals surface area contributed by atoms with Crippen molar-refractivity contribution in [3.05, 3.63) is 27.1 Å². The van der Waals surface area contributed by atoms with Gasteiger partial charge in [0.1, 0.15) is 0 Å². The first-order valence-corrected chi connectivity index (χ1v) is 7.86. The molecule has 1 saturated heterocycles. The lowest BCUT2D eigenvalue weighted by Gasteiger charge is -2.29. The number of hydrogen-bond acceptors (Lipinski definition) is 3. The topological polar surface area (TPSA) is 58.4 Å². The number of nitrogens with two attached hydrogens (primary N) is 1. The second kappa shape index (κ2) is 6.83. The van der Waals surface area contributed by atoms with Crippen molar-refractivity contribution < 1.29 is 4.79 Å². The van der Waals surface area contributed by atoms with Gasteiger partial charge in [0.05, 0.1) is 12.2 Å². The monoisotopic (exact) mass is 389 g/mol. The number of benzene rings is 1. The summed E-state index contributed by atoms with van der Waals surface area (Å²) >= 11 is 6.82. The van der Waals surface area contributed by atoms with Crippen molar-refractivity contribution >= 4 is 43.5 Å². The summed E-state index contributed by atoms with van der Waals surface area (Å²) in [7, 11) is 0. The van der Waals surface area contributed by atoms with E-state index in [1.807, 2.05) is 18.2 Å². The average Bonchev–Trinajstić information content (AvgIpc) is 2.33. The van der Waals surface area contributed by atoms with Crippen molar-refractivity contribution in [1.29, 1.82) is 0 Å². The second-order valence-electron chi connectivity index (χ2n) is 4.81. The van der Waals surface area contributed by atoms with Crippen LogP contribution in [0.5, 0.6) is 0 Å². The van der Waals surface area contributed by atoms with E-state index in [0.717, 1.165) is 40.6 Å². The molecule has 3 N–H and O–H groups in total. The van der Waals surface area contributed by atoms with Gasteiger partial charge in [-0.3, -0.25) is 9.69 Å². The van der Waals surface area contributed by atoms with Crippen LogP contribution >= 0.6 is 31.9 Å². The van der Waals surface area contributed by atoms with Gasteiger partial charge < -0.3 is 11.1 Å². The quantitative estimate of drug-likeness (QED) is 0.833. The van der Waals surface area contributed by atoms with E-state index in [9.17, 15) is 4.79 Å². The summed E-state index contributed by atoms with van der Waals surface area (Å²) in [5, 5.41) is 2.91. The van der Waals surface area contributed by atoms with Crippen molar-refractivity contribution in [3.63, 3.8) is 0 Å². The molecule has 1 aromatic rings. The van der Waals surface area contributed by atoms with Gasteiger partial charge in [0.25, 0.3) is 0 Å². The van der Waals surface area contributed by atoms with E-state index in [0.29, 0.717) is 6.54 Å². The number of halogens is 2. The molecule has 0 aliphatic carbocycles. The summed E-state index contributed by atoms with van der Waals surface area (Å²) in [4.78, 5) is 14.1. The molecule has 0 saturated carbocycles. The highest BCUT2D eigenvalue weighted by Gasteiger charge is 2.19. The Kier molecular flexibility index (Phi) is 5.38. The normalized spacial score (nSPS) is 20.3. The molecule has 104 valence electrons. The van der Waals surface area contributed by atoms with Gasteiger partial charge in [0.2, 0.25) is 5.91 Å². The molecular weight excluding hydrogens is 374 g/mol. The molecule has 1 amide bonds. The van der Waals surface area contributed by atoms with Crippen LogP contribution in [0.3, 0.4) is 0 Å². The lowest BCUT2D eigenvalue weighted by atomic mass is 10.1. The summed E-state index contributed by atoms with van der Waals surface area (Å²) in [6.07, 6.45) is 2.12. The Balaban J connectivity index is 1.90. The van der Waals surface area contributed by atoms with E-state index in [1.165, 1.54) is 0 Å². The van der Waals surface area contributed by atoms with Crippen LogP contribution in [0.4, 0.5) is 5.69 Å². The molecule has 1 fully saturated rings. The predicted molar refractivity (Wildman–Crippen MR) is 84.1 cm³/mol. The molecule has 0 spiro atoms. The molecule has 6 heteroatoms. The van der Waals surface area contributed by atoms with Gasteiger partial charge in [0.15, 0.2) is 0 Å². The van der Waals surface area contributed by atoms with Gasteiger partial charge in [-0.25, -0.2) is 0 Å². The van der Waals surface area contributed by atoms with Crippen molar-refractivity contribution in [3.8, 4) is 0 Å². The Hall–Kier alpha value is -0.430. The van der Waals surface area contributed by atoms with Crippen molar-refractivity contribution in [2.75, 3.05) is 25.0 Å². The fraction of sp³-hybridized carbons (Fsp3) is 0.462. The molecule has 1 heterocycles. The van der Waals surface area contributed by atoms with Crippen molar-refractivity contribution in [2.45, 2.75) is 18.9 Å². The summed E-state index contributed by atoms with van der Waals surface area (Å²) in [5.41, 5.74) is 6.69. The maximum absolute atomic E-state index is 12.0. The summed E-state index contributed by atoms with van der Waals surface area (Å²) < 4.78 is 1.84. The number of nitrogens with one attached hydrogen (secondary N) is 1. The fourth-order valence-electron chi connectivity index (χ4n) is 2.22. The predicted octanol–water partition coefficient (Wildman–Crippen LogP) is 2.57. The van der Waals surface area contributed by atoms with E-state index in [4.69, 9.17) is 5.73 Å². The smallest absolute Gasteiger partial charge is 0.238 e. The van der Waals surface area contributed by atoms with E-state index < -0.39 is 0 Å². The molecule has 1 aliphatic rings. The third kappa shape index (κ3) is 4.56. The SMILES string of the molecule is N[C@@H]1CCCN(CC(=O)Nc2ccc(Br)cc2Br)C1. The minimum atomic E-state index is -0.00266. The number of likely N-dealkylation sites (tertiary alicyclic amines) is 1. The Bertz CT molecular complexity index is 467. The fourth-order valence-corrected chi connectivity index (χ4v) is 3.36. The van der Waals surface area contributed by atoms with Crippen LogP contribution in [0.25, 0.3) is 0 Å². The van der Waals surface area contributed by atoms with Crippen LogP contribution in [-0.4, -0.2) is 36.5 Å². The Morgan fingerprint density at radius 2 is 2.26 bits per heavy atom. The largest absolute Gasteiger partial charge is 0.327 e. The maximum atomic E-state index is 12.0. The molecule has 4 nitrogen and oxygen atoms in total. The van der Waals surface area contributed by atoms with Gasteiger partial charge >= 0.3 is 0 Å². The Morgan fingerprint density at radius 3 is 2.95 bits per heavy atom. The minimum absolute atomic E-state index is 0.00266. The standard InChI is InChI=1S/C13H17Br2N3O/c14-9-3-4-12(11(15)6-9)17-13(19)8-18-5-1-2-10(16)7-18/h3-4,6,10H,1-2,5,7-8,16H2,(H,17,19)/t10-/m1/s1. The molecule has 0 radical (unpaired) electrons. The number of amides is 1. The molecule has 2 rings (SSSR count).